The van der Waals surface area contributed by atoms with Crippen molar-refractivity contribution in [1.82, 2.24) is 4.98 Å². The fraction of sp³-hybridized carbons (Fsp3) is 0.105. The number of hydrogen-bond acceptors (Lipinski definition) is 2. The first kappa shape index (κ1) is 13.5. The number of aromatic nitrogens is 1. The number of aliphatic hydroxyl groups excluding tert-OH is 1. The summed E-state index contributed by atoms with van der Waals surface area (Å²) < 4.78 is 0. The monoisotopic (exact) mass is 275 g/mol. The van der Waals surface area contributed by atoms with Gasteiger partial charge in [-0.2, -0.15) is 0 Å². The zero-order chi connectivity index (χ0) is 14.5. The maximum Gasteiger partial charge on any atom is 0.0914 e. The Morgan fingerprint density at radius 2 is 1.24 bits per heavy atom. The molecule has 0 spiro atoms. The molecule has 2 aromatic carbocycles. The second-order valence-corrected chi connectivity index (χ2v) is 5.00. The molecule has 0 amide bonds. The van der Waals surface area contributed by atoms with Gasteiger partial charge in [-0.3, -0.25) is 4.98 Å². The summed E-state index contributed by atoms with van der Waals surface area (Å²) in [6.45, 7) is 0. The lowest BCUT2D eigenvalue weighted by Gasteiger charge is -2.23. The summed E-state index contributed by atoms with van der Waals surface area (Å²) in [6, 6.07) is 25.6. The third-order valence-corrected chi connectivity index (χ3v) is 3.62. The van der Waals surface area contributed by atoms with E-state index < -0.39 is 6.10 Å². The van der Waals surface area contributed by atoms with Gasteiger partial charge in [-0.1, -0.05) is 66.7 Å². The smallest absolute Gasteiger partial charge is 0.0914 e. The van der Waals surface area contributed by atoms with Crippen LogP contribution in [0.4, 0.5) is 0 Å². The predicted octanol–water partition coefficient (Wildman–Crippen LogP) is 3.95. The molecule has 104 valence electrons. The summed E-state index contributed by atoms with van der Waals surface area (Å²) >= 11 is 0. The number of nitrogens with zero attached hydrogens (tertiary/aromatic N) is 1. The maximum atomic E-state index is 10.8. The van der Waals surface area contributed by atoms with Crippen molar-refractivity contribution in [3.63, 3.8) is 0 Å². The Hall–Kier alpha value is -2.45. The average molecular weight is 275 g/mol. The lowest BCUT2D eigenvalue weighted by Crippen LogP contribution is -2.13. The van der Waals surface area contributed by atoms with E-state index in [9.17, 15) is 5.11 Å². The van der Waals surface area contributed by atoms with Crippen LogP contribution in [-0.2, 0) is 0 Å². The van der Waals surface area contributed by atoms with Crippen molar-refractivity contribution >= 4 is 0 Å². The molecule has 0 fully saturated rings. The first-order valence-electron chi connectivity index (χ1n) is 7.05. The highest BCUT2D eigenvalue weighted by molar-refractivity contribution is 5.33. The molecule has 3 aromatic rings. The van der Waals surface area contributed by atoms with E-state index >= 15 is 0 Å². The molecule has 21 heavy (non-hydrogen) atoms. The van der Waals surface area contributed by atoms with Crippen LogP contribution in [0.25, 0.3) is 0 Å². The maximum absolute atomic E-state index is 10.8. The van der Waals surface area contributed by atoms with E-state index in [0.29, 0.717) is 0 Å². The summed E-state index contributed by atoms with van der Waals surface area (Å²) in [5, 5.41) is 10.8. The van der Waals surface area contributed by atoms with Gasteiger partial charge in [0.25, 0.3) is 0 Å². The topological polar surface area (TPSA) is 33.1 Å². The number of pyridine rings is 1. The lowest BCUT2D eigenvalue weighted by atomic mass is 9.86. The molecular weight excluding hydrogens is 258 g/mol. The van der Waals surface area contributed by atoms with Crippen LogP contribution in [0, 0.1) is 0 Å². The van der Waals surface area contributed by atoms with E-state index in [1.807, 2.05) is 78.9 Å². The minimum absolute atomic E-state index is 0.171. The third-order valence-electron chi connectivity index (χ3n) is 3.62. The van der Waals surface area contributed by atoms with E-state index in [1.165, 1.54) is 0 Å². The second kappa shape index (κ2) is 6.33. The van der Waals surface area contributed by atoms with Crippen LogP contribution in [0.1, 0.15) is 28.8 Å². The van der Waals surface area contributed by atoms with E-state index in [1.54, 1.807) is 6.20 Å². The van der Waals surface area contributed by atoms with Gasteiger partial charge >= 0.3 is 0 Å². The quantitative estimate of drug-likeness (QED) is 0.782. The highest BCUT2D eigenvalue weighted by atomic mass is 16.3. The van der Waals surface area contributed by atoms with Crippen LogP contribution in [-0.4, -0.2) is 10.1 Å². The highest BCUT2D eigenvalue weighted by Crippen LogP contribution is 2.35. The number of benzene rings is 2. The van der Waals surface area contributed by atoms with Gasteiger partial charge in [-0.25, -0.2) is 0 Å². The third kappa shape index (κ3) is 3.01. The molecule has 1 heterocycles. The standard InChI is InChI=1S/C19H17NO/c21-19(16-11-5-2-6-12-16)18(15-9-3-1-4-10-15)17-13-7-8-14-20-17/h1-14,18-19,21H/t18-,19+/m1/s1. The minimum atomic E-state index is -0.622. The first-order valence-corrected chi connectivity index (χ1v) is 7.05. The van der Waals surface area contributed by atoms with Gasteiger partial charge in [0.2, 0.25) is 0 Å². The minimum Gasteiger partial charge on any atom is -0.387 e. The summed E-state index contributed by atoms with van der Waals surface area (Å²) in [6.07, 6.45) is 1.15. The average Bonchev–Trinajstić information content (AvgIpc) is 2.58. The van der Waals surface area contributed by atoms with Crippen molar-refractivity contribution in [1.29, 1.82) is 0 Å². The largest absolute Gasteiger partial charge is 0.387 e. The molecule has 0 aliphatic carbocycles. The van der Waals surface area contributed by atoms with Crippen LogP contribution in [0.2, 0.25) is 0 Å². The van der Waals surface area contributed by atoms with Gasteiger partial charge in [0, 0.05) is 6.20 Å². The Morgan fingerprint density at radius 1 is 0.667 bits per heavy atom. The molecule has 0 saturated heterocycles. The van der Waals surface area contributed by atoms with E-state index in [4.69, 9.17) is 0 Å². The molecule has 0 bridgehead atoms. The van der Waals surface area contributed by atoms with Crippen molar-refractivity contribution in [3.8, 4) is 0 Å². The highest BCUT2D eigenvalue weighted by Gasteiger charge is 2.25. The predicted molar refractivity (Wildman–Crippen MR) is 83.9 cm³/mol. The molecule has 0 aliphatic heterocycles. The summed E-state index contributed by atoms with van der Waals surface area (Å²) in [7, 11) is 0. The van der Waals surface area contributed by atoms with Crippen molar-refractivity contribution < 1.29 is 5.11 Å². The van der Waals surface area contributed by atoms with Crippen LogP contribution in [0.3, 0.4) is 0 Å². The van der Waals surface area contributed by atoms with Crippen molar-refractivity contribution in [2.75, 3.05) is 0 Å². The van der Waals surface area contributed by atoms with Crippen LogP contribution in [0.5, 0.6) is 0 Å². The van der Waals surface area contributed by atoms with E-state index in [0.717, 1.165) is 16.8 Å². The SMILES string of the molecule is O[C@@H](c1ccccc1)[C@H](c1ccccc1)c1ccccn1. The normalized spacial score (nSPS) is 13.6. The van der Waals surface area contributed by atoms with Gasteiger partial charge in [0.15, 0.2) is 0 Å². The molecule has 0 unspecified atom stereocenters. The lowest BCUT2D eigenvalue weighted by molar-refractivity contribution is 0.157. The molecule has 0 aliphatic rings. The fourth-order valence-electron chi connectivity index (χ4n) is 2.58. The Bertz CT molecular complexity index is 628. The van der Waals surface area contributed by atoms with Crippen molar-refractivity contribution in [2.24, 2.45) is 0 Å². The molecule has 2 nitrogen and oxygen atoms in total. The zero-order valence-corrected chi connectivity index (χ0v) is 11.6. The van der Waals surface area contributed by atoms with Crippen LogP contribution < -0.4 is 0 Å². The molecular formula is C19H17NO. The number of aliphatic hydroxyl groups is 1. The van der Waals surface area contributed by atoms with Crippen LogP contribution in [0.15, 0.2) is 85.1 Å². The molecule has 0 radical (unpaired) electrons. The first-order chi connectivity index (χ1) is 10.4. The van der Waals surface area contributed by atoms with Crippen LogP contribution >= 0.6 is 0 Å². The Morgan fingerprint density at radius 3 is 1.81 bits per heavy atom. The summed E-state index contributed by atoms with van der Waals surface area (Å²) in [5.41, 5.74) is 2.84. The molecule has 1 aromatic heterocycles. The van der Waals surface area contributed by atoms with Crippen molar-refractivity contribution in [3.05, 3.63) is 102 Å². The van der Waals surface area contributed by atoms with Gasteiger partial charge in [0.05, 0.1) is 17.7 Å². The summed E-state index contributed by atoms with van der Waals surface area (Å²) in [5.74, 6) is -0.171. The Kier molecular flexibility index (Phi) is 4.08. The Balaban J connectivity index is 2.05. The second-order valence-electron chi connectivity index (χ2n) is 5.00. The molecule has 3 rings (SSSR count). The fourth-order valence-corrected chi connectivity index (χ4v) is 2.58. The van der Waals surface area contributed by atoms with Gasteiger partial charge in [0.1, 0.15) is 0 Å². The number of rotatable bonds is 4. The summed E-state index contributed by atoms with van der Waals surface area (Å²) in [4.78, 5) is 4.44. The van der Waals surface area contributed by atoms with Gasteiger partial charge in [-0.05, 0) is 23.3 Å². The zero-order valence-electron chi connectivity index (χ0n) is 11.6. The van der Waals surface area contributed by atoms with Gasteiger partial charge < -0.3 is 5.11 Å². The Labute approximate surface area is 124 Å². The molecule has 0 saturated carbocycles. The molecule has 2 heteroatoms. The number of hydrogen-bond donors (Lipinski definition) is 1. The molecule has 2 atom stereocenters. The van der Waals surface area contributed by atoms with Crippen molar-refractivity contribution in [2.45, 2.75) is 12.0 Å². The van der Waals surface area contributed by atoms with E-state index in [2.05, 4.69) is 4.98 Å². The molecule has 1 N–H and O–H groups in total. The van der Waals surface area contributed by atoms with E-state index in [-0.39, 0.29) is 5.92 Å². The van der Waals surface area contributed by atoms with Gasteiger partial charge in [-0.15, -0.1) is 0 Å².